The summed E-state index contributed by atoms with van der Waals surface area (Å²) in [6, 6.07) is 1.25. The normalized spacial score (nSPS) is 12.2. The maximum absolute atomic E-state index is 11.0. The quantitative estimate of drug-likeness (QED) is 0.653. The second kappa shape index (κ2) is 4.51. The molecule has 0 radical (unpaired) electrons. The van der Waals surface area contributed by atoms with Crippen molar-refractivity contribution in [1.82, 2.24) is 15.3 Å². The number of nitrogens with one attached hydrogen (secondary N) is 1. The minimum atomic E-state index is -0.484. The van der Waals surface area contributed by atoms with E-state index in [0.717, 1.165) is 5.69 Å². The van der Waals surface area contributed by atoms with Crippen molar-refractivity contribution in [1.29, 1.82) is 0 Å². The molecular formula is C8H12N4O. The van der Waals surface area contributed by atoms with E-state index in [1.54, 1.807) is 19.2 Å². The number of nitrogens with two attached hydrogens (primary N) is 1. The fraction of sp³-hybridized carbons (Fsp3) is 0.375. The average Bonchev–Trinajstić information content (AvgIpc) is 2.15. The average molecular weight is 180 g/mol. The molecule has 0 aromatic carbocycles. The van der Waals surface area contributed by atoms with Gasteiger partial charge in [0, 0.05) is 6.20 Å². The molecule has 1 heterocycles. The molecule has 0 spiro atoms. The van der Waals surface area contributed by atoms with Crippen molar-refractivity contribution in [3.05, 3.63) is 24.3 Å². The second-order valence-corrected chi connectivity index (χ2v) is 2.71. The summed E-state index contributed by atoms with van der Waals surface area (Å²) in [4.78, 5) is 18.7. The van der Waals surface area contributed by atoms with E-state index in [1.165, 1.54) is 6.33 Å². The first kappa shape index (κ1) is 9.60. The van der Waals surface area contributed by atoms with Crippen LogP contribution in [0.15, 0.2) is 18.6 Å². The maximum atomic E-state index is 11.0. The summed E-state index contributed by atoms with van der Waals surface area (Å²) in [7, 11) is 0. The Kier molecular flexibility index (Phi) is 3.33. The van der Waals surface area contributed by atoms with Crippen LogP contribution in [0.25, 0.3) is 0 Å². The monoisotopic (exact) mass is 180 g/mol. The van der Waals surface area contributed by atoms with Crippen molar-refractivity contribution in [2.45, 2.75) is 19.5 Å². The molecule has 0 aliphatic rings. The zero-order valence-electron chi connectivity index (χ0n) is 7.40. The number of carbonyl (C=O) groups is 1. The first-order valence-corrected chi connectivity index (χ1v) is 3.98. The summed E-state index contributed by atoms with van der Waals surface area (Å²) in [5, 5.41) is 2.64. The number of nitrogens with zero attached hydrogens (tertiary/aromatic N) is 2. The molecular weight excluding hydrogens is 168 g/mol. The fourth-order valence-corrected chi connectivity index (χ4v) is 0.761. The Hall–Kier alpha value is -1.49. The minimum absolute atomic E-state index is 0.182. The van der Waals surface area contributed by atoms with Crippen LogP contribution in [0.5, 0.6) is 0 Å². The highest BCUT2D eigenvalue weighted by molar-refractivity contribution is 5.80. The Bertz CT molecular complexity index is 273. The predicted octanol–water partition coefficient (Wildman–Crippen LogP) is -0.560. The summed E-state index contributed by atoms with van der Waals surface area (Å²) in [5.74, 6) is -0.182. The lowest BCUT2D eigenvalue weighted by atomic mass is 10.3. The van der Waals surface area contributed by atoms with E-state index in [0.29, 0.717) is 6.54 Å². The van der Waals surface area contributed by atoms with Gasteiger partial charge in [-0.25, -0.2) is 9.97 Å². The molecule has 0 fully saturated rings. The van der Waals surface area contributed by atoms with Crippen LogP contribution in [-0.2, 0) is 11.3 Å². The fourth-order valence-electron chi connectivity index (χ4n) is 0.761. The Labute approximate surface area is 76.4 Å². The van der Waals surface area contributed by atoms with Gasteiger partial charge in [-0.3, -0.25) is 4.79 Å². The van der Waals surface area contributed by atoms with E-state index >= 15 is 0 Å². The smallest absolute Gasteiger partial charge is 0.236 e. The molecule has 0 saturated carbocycles. The Morgan fingerprint density at radius 1 is 1.77 bits per heavy atom. The lowest BCUT2D eigenvalue weighted by molar-refractivity contribution is -0.122. The van der Waals surface area contributed by atoms with Gasteiger partial charge in [0.15, 0.2) is 0 Å². The van der Waals surface area contributed by atoms with Crippen molar-refractivity contribution in [3.63, 3.8) is 0 Å². The highest BCUT2D eigenvalue weighted by Gasteiger charge is 2.05. The third kappa shape index (κ3) is 3.16. The molecule has 1 amide bonds. The van der Waals surface area contributed by atoms with Crippen molar-refractivity contribution in [2.24, 2.45) is 5.73 Å². The summed E-state index contributed by atoms with van der Waals surface area (Å²) >= 11 is 0. The van der Waals surface area contributed by atoms with Crippen molar-refractivity contribution >= 4 is 5.91 Å². The van der Waals surface area contributed by atoms with Gasteiger partial charge in [0.25, 0.3) is 0 Å². The molecule has 5 heteroatoms. The van der Waals surface area contributed by atoms with Gasteiger partial charge in [0.05, 0.1) is 18.3 Å². The topological polar surface area (TPSA) is 80.9 Å². The summed E-state index contributed by atoms with van der Waals surface area (Å²) < 4.78 is 0. The predicted molar refractivity (Wildman–Crippen MR) is 47.5 cm³/mol. The molecule has 1 aromatic heterocycles. The van der Waals surface area contributed by atoms with Gasteiger partial charge in [-0.1, -0.05) is 0 Å². The summed E-state index contributed by atoms with van der Waals surface area (Å²) in [5.41, 5.74) is 6.12. The zero-order chi connectivity index (χ0) is 9.68. The molecule has 1 rings (SSSR count). The number of aromatic nitrogens is 2. The first-order valence-electron chi connectivity index (χ1n) is 3.98. The molecule has 13 heavy (non-hydrogen) atoms. The molecule has 1 aromatic rings. The molecule has 3 N–H and O–H groups in total. The lowest BCUT2D eigenvalue weighted by Crippen LogP contribution is -2.37. The third-order valence-corrected chi connectivity index (χ3v) is 1.50. The lowest BCUT2D eigenvalue weighted by Gasteiger charge is -2.06. The van der Waals surface area contributed by atoms with E-state index in [1.807, 2.05) is 0 Å². The van der Waals surface area contributed by atoms with Gasteiger partial charge in [0.1, 0.15) is 6.33 Å². The van der Waals surface area contributed by atoms with Gasteiger partial charge < -0.3 is 11.1 Å². The molecule has 5 nitrogen and oxygen atoms in total. The molecule has 1 atom stereocenters. The minimum Gasteiger partial charge on any atom is -0.349 e. The summed E-state index contributed by atoms with van der Waals surface area (Å²) in [6.07, 6.45) is 3.06. The number of hydrogen-bond donors (Lipinski definition) is 2. The van der Waals surface area contributed by atoms with Crippen molar-refractivity contribution in [2.75, 3.05) is 0 Å². The SMILES string of the molecule is C[C@@H](N)C(=O)NCc1ccncn1. The van der Waals surface area contributed by atoms with Crippen molar-refractivity contribution in [3.8, 4) is 0 Å². The van der Waals surface area contributed by atoms with Gasteiger partial charge in [0.2, 0.25) is 5.91 Å². The largest absolute Gasteiger partial charge is 0.349 e. The number of hydrogen-bond acceptors (Lipinski definition) is 4. The van der Waals surface area contributed by atoms with Crippen LogP contribution in [0.2, 0.25) is 0 Å². The molecule has 70 valence electrons. The maximum Gasteiger partial charge on any atom is 0.236 e. The number of rotatable bonds is 3. The summed E-state index contributed by atoms with van der Waals surface area (Å²) in [6.45, 7) is 2.03. The van der Waals surface area contributed by atoms with Crippen LogP contribution >= 0.6 is 0 Å². The highest BCUT2D eigenvalue weighted by Crippen LogP contribution is 1.89. The van der Waals surface area contributed by atoms with E-state index in [4.69, 9.17) is 5.73 Å². The standard InChI is InChI=1S/C8H12N4O/c1-6(9)8(13)11-4-7-2-3-10-5-12-7/h2-3,5-6H,4,9H2,1H3,(H,11,13)/t6-/m1/s1. The third-order valence-electron chi connectivity index (χ3n) is 1.50. The van der Waals surface area contributed by atoms with E-state index in [2.05, 4.69) is 15.3 Å². The molecule has 0 unspecified atom stereocenters. The first-order chi connectivity index (χ1) is 6.20. The second-order valence-electron chi connectivity index (χ2n) is 2.71. The zero-order valence-corrected chi connectivity index (χ0v) is 7.40. The van der Waals surface area contributed by atoms with Gasteiger partial charge >= 0.3 is 0 Å². The molecule has 0 aliphatic carbocycles. The van der Waals surface area contributed by atoms with Gasteiger partial charge in [-0.05, 0) is 13.0 Å². The van der Waals surface area contributed by atoms with Crippen LogP contribution < -0.4 is 11.1 Å². The van der Waals surface area contributed by atoms with E-state index in [9.17, 15) is 4.79 Å². The molecule has 0 saturated heterocycles. The Morgan fingerprint density at radius 3 is 3.08 bits per heavy atom. The van der Waals surface area contributed by atoms with Crippen LogP contribution in [0.1, 0.15) is 12.6 Å². The number of amides is 1. The van der Waals surface area contributed by atoms with Gasteiger partial charge in [-0.15, -0.1) is 0 Å². The van der Waals surface area contributed by atoms with Crippen molar-refractivity contribution < 1.29 is 4.79 Å². The van der Waals surface area contributed by atoms with Crippen LogP contribution in [0, 0.1) is 0 Å². The van der Waals surface area contributed by atoms with Gasteiger partial charge in [-0.2, -0.15) is 0 Å². The van der Waals surface area contributed by atoms with Crippen LogP contribution in [0.4, 0.5) is 0 Å². The Balaban J connectivity index is 2.40. The molecule has 0 aliphatic heterocycles. The number of carbonyl (C=O) groups excluding carboxylic acids is 1. The van der Waals surface area contributed by atoms with Crippen LogP contribution in [-0.4, -0.2) is 21.9 Å². The Morgan fingerprint density at radius 2 is 2.54 bits per heavy atom. The van der Waals surface area contributed by atoms with E-state index < -0.39 is 6.04 Å². The molecule has 0 bridgehead atoms. The highest BCUT2D eigenvalue weighted by atomic mass is 16.2. The van der Waals surface area contributed by atoms with Crippen LogP contribution in [0.3, 0.4) is 0 Å². The van der Waals surface area contributed by atoms with E-state index in [-0.39, 0.29) is 5.91 Å².